The number of fused-ring (bicyclic) bond motifs is 3. The van der Waals surface area contributed by atoms with Gasteiger partial charge in [0.05, 0.1) is 0 Å². The predicted molar refractivity (Wildman–Crippen MR) is 119 cm³/mol. The van der Waals surface area contributed by atoms with Crippen LogP contribution in [0.4, 0.5) is 10.1 Å². The molecule has 1 aliphatic rings. The van der Waals surface area contributed by atoms with E-state index < -0.39 is 6.23 Å². The summed E-state index contributed by atoms with van der Waals surface area (Å²) < 4.78 is 19.6. The molecule has 1 aromatic heterocycles. The Morgan fingerprint density at radius 1 is 0.968 bits per heavy atom. The molecule has 4 aromatic rings. The Labute approximate surface area is 183 Å². The lowest BCUT2D eigenvalue weighted by Crippen LogP contribution is -2.17. The van der Waals surface area contributed by atoms with E-state index in [1.165, 1.54) is 35.0 Å². The zero-order valence-electron chi connectivity index (χ0n) is 16.7. The van der Waals surface area contributed by atoms with Crippen molar-refractivity contribution in [3.05, 3.63) is 95.3 Å². The second kappa shape index (κ2) is 8.35. The molecule has 0 unspecified atom stereocenters. The Balaban J connectivity index is 1.47. The highest BCUT2D eigenvalue weighted by Gasteiger charge is 2.26. The number of benzene rings is 3. The number of ether oxygens (including phenoxy) is 1. The zero-order chi connectivity index (χ0) is 21.2. The Morgan fingerprint density at radius 3 is 2.55 bits per heavy atom. The number of rotatable bonds is 4. The van der Waals surface area contributed by atoms with Gasteiger partial charge < -0.3 is 10.1 Å². The van der Waals surface area contributed by atoms with Crippen LogP contribution in [-0.4, -0.2) is 15.2 Å². The van der Waals surface area contributed by atoms with Gasteiger partial charge in [-0.1, -0.05) is 71.9 Å². The van der Waals surface area contributed by atoms with E-state index in [4.69, 9.17) is 4.74 Å². The van der Waals surface area contributed by atoms with Gasteiger partial charge in [-0.2, -0.15) is 4.98 Å². The highest BCUT2D eigenvalue weighted by Crippen LogP contribution is 2.39. The van der Waals surface area contributed by atoms with Crippen LogP contribution in [0, 0.1) is 12.7 Å². The maximum absolute atomic E-state index is 13.4. The number of anilines is 1. The van der Waals surface area contributed by atoms with E-state index in [0.29, 0.717) is 16.7 Å². The van der Waals surface area contributed by atoms with E-state index in [1.807, 2.05) is 24.3 Å². The van der Waals surface area contributed by atoms with Crippen LogP contribution in [0.25, 0.3) is 11.3 Å². The van der Waals surface area contributed by atoms with Crippen molar-refractivity contribution in [2.75, 3.05) is 5.32 Å². The number of aromatic nitrogens is 3. The minimum absolute atomic E-state index is 0.294. The molecule has 0 aliphatic carbocycles. The molecule has 0 spiro atoms. The monoisotopic (exact) mass is 430 g/mol. The molecule has 5 rings (SSSR count). The largest absolute Gasteiger partial charge is 0.448 e. The van der Waals surface area contributed by atoms with Crippen LogP contribution in [0.3, 0.4) is 0 Å². The number of para-hydroxylation sites is 1. The maximum Gasteiger partial charge on any atom is 0.247 e. The Morgan fingerprint density at radius 2 is 1.74 bits per heavy atom. The lowest BCUT2D eigenvalue weighted by atomic mass is 10.1. The van der Waals surface area contributed by atoms with Crippen LogP contribution >= 0.6 is 11.8 Å². The number of nitrogens with zero attached hydrogens (tertiary/aromatic N) is 3. The summed E-state index contributed by atoms with van der Waals surface area (Å²) in [4.78, 5) is 4.65. The molecule has 0 saturated heterocycles. The average molecular weight is 431 g/mol. The molecule has 1 atom stereocenters. The van der Waals surface area contributed by atoms with Gasteiger partial charge in [0.1, 0.15) is 5.82 Å². The van der Waals surface area contributed by atoms with Gasteiger partial charge in [-0.05, 0) is 30.7 Å². The van der Waals surface area contributed by atoms with E-state index in [2.05, 4.69) is 51.7 Å². The quantitative estimate of drug-likeness (QED) is 0.414. The third-order valence-corrected chi connectivity index (χ3v) is 5.90. The maximum atomic E-state index is 13.4. The van der Waals surface area contributed by atoms with Crippen LogP contribution in [0.15, 0.2) is 78.0 Å². The van der Waals surface area contributed by atoms with Gasteiger partial charge in [-0.25, -0.2) is 4.39 Å². The van der Waals surface area contributed by atoms with E-state index in [-0.39, 0.29) is 5.82 Å². The summed E-state index contributed by atoms with van der Waals surface area (Å²) in [6, 6.07) is 22.4. The second-order valence-electron chi connectivity index (χ2n) is 7.26. The van der Waals surface area contributed by atoms with E-state index in [0.717, 1.165) is 22.6 Å². The van der Waals surface area contributed by atoms with Crippen molar-refractivity contribution < 1.29 is 9.13 Å². The molecular weight excluding hydrogens is 411 g/mol. The molecule has 3 aromatic carbocycles. The fraction of sp³-hybridized carbons (Fsp3) is 0.125. The fourth-order valence-electron chi connectivity index (χ4n) is 3.33. The third kappa shape index (κ3) is 4.22. The predicted octanol–water partition coefficient (Wildman–Crippen LogP) is 5.78. The summed E-state index contributed by atoms with van der Waals surface area (Å²) >= 11 is 1.50. The van der Waals surface area contributed by atoms with Gasteiger partial charge in [0.25, 0.3) is 0 Å². The van der Waals surface area contributed by atoms with Gasteiger partial charge >= 0.3 is 0 Å². The number of nitrogens with one attached hydrogen (secondary N) is 1. The Bertz CT molecular complexity index is 1220. The number of thioether (sulfide) groups is 1. The molecule has 2 heterocycles. The van der Waals surface area contributed by atoms with Crippen LogP contribution in [-0.2, 0) is 5.75 Å². The fourth-order valence-corrected chi connectivity index (χ4v) is 4.06. The van der Waals surface area contributed by atoms with Crippen molar-refractivity contribution in [1.82, 2.24) is 15.2 Å². The minimum atomic E-state index is -0.533. The van der Waals surface area contributed by atoms with Crippen molar-refractivity contribution in [3.63, 3.8) is 0 Å². The summed E-state index contributed by atoms with van der Waals surface area (Å²) in [7, 11) is 0. The lowest BCUT2D eigenvalue weighted by Gasteiger charge is -2.19. The van der Waals surface area contributed by atoms with Gasteiger partial charge in [0.15, 0.2) is 11.9 Å². The normalized spacial score (nSPS) is 14.6. The number of halogens is 1. The molecule has 1 N–H and O–H groups in total. The molecule has 0 amide bonds. The SMILES string of the molecule is Cc1ccc(CSc2nnc3c(n2)O[C@H](c2ccc(F)cc2)Nc2ccccc2-3)cc1. The summed E-state index contributed by atoms with van der Waals surface area (Å²) in [5.74, 6) is 0.835. The number of hydrogen-bond donors (Lipinski definition) is 1. The van der Waals surface area contributed by atoms with Crippen LogP contribution in [0.1, 0.15) is 22.9 Å². The molecule has 0 fully saturated rings. The van der Waals surface area contributed by atoms with Gasteiger partial charge in [0.2, 0.25) is 11.0 Å². The van der Waals surface area contributed by atoms with Gasteiger partial charge in [0, 0.05) is 22.6 Å². The summed E-state index contributed by atoms with van der Waals surface area (Å²) in [6.07, 6.45) is -0.533. The van der Waals surface area contributed by atoms with Crippen molar-refractivity contribution in [2.45, 2.75) is 24.1 Å². The number of hydrogen-bond acceptors (Lipinski definition) is 6. The molecule has 7 heteroatoms. The van der Waals surface area contributed by atoms with Crippen molar-refractivity contribution in [2.24, 2.45) is 0 Å². The molecular formula is C24H19FN4OS. The first kappa shape index (κ1) is 19.5. The Kier molecular flexibility index (Phi) is 5.26. The first-order chi connectivity index (χ1) is 15.2. The van der Waals surface area contributed by atoms with Crippen molar-refractivity contribution in [3.8, 4) is 17.1 Å². The topological polar surface area (TPSA) is 59.9 Å². The van der Waals surface area contributed by atoms with E-state index in [9.17, 15) is 4.39 Å². The molecule has 0 saturated carbocycles. The first-order valence-corrected chi connectivity index (χ1v) is 10.9. The van der Waals surface area contributed by atoms with Crippen molar-refractivity contribution >= 4 is 17.4 Å². The van der Waals surface area contributed by atoms with E-state index >= 15 is 0 Å². The van der Waals surface area contributed by atoms with E-state index in [1.54, 1.807) is 12.1 Å². The van der Waals surface area contributed by atoms with Crippen LogP contribution < -0.4 is 10.1 Å². The van der Waals surface area contributed by atoms with Gasteiger partial charge in [-0.3, -0.25) is 0 Å². The van der Waals surface area contributed by atoms with Crippen LogP contribution in [0.5, 0.6) is 5.88 Å². The molecule has 5 nitrogen and oxygen atoms in total. The lowest BCUT2D eigenvalue weighted by molar-refractivity contribution is 0.225. The average Bonchev–Trinajstić information content (AvgIpc) is 2.96. The molecule has 0 bridgehead atoms. The highest BCUT2D eigenvalue weighted by atomic mass is 32.2. The standard InChI is InChI=1S/C24H19FN4OS/c1-15-6-8-16(9-7-15)14-31-24-27-23-21(28-29-24)19-4-2-3-5-20(19)26-22(30-23)17-10-12-18(25)13-11-17/h2-13,22,26H,14H2,1H3/t22-/m1/s1. The Hall–Kier alpha value is -3.45. The third-order valence-electron chi connectivity index (χ3n) is 4.99. The molecule has 154 valence electrons. The smallest absolute Gasteiger partial charge is 0.247 e. The summed E-state index contributed by atoms with van der Waals surface area (Å²) in [6.45, 7) is 2.07. The highest BCUT2D eigenvalue weighted by molar-refractivity contribution is 7.98. The molecule has 0 radical (unpaired) electrons. The summed E-state index contributed by atoms with van der Waals surface area (Å²) in [5.41, 5.74) is 5.49. The molecule has 1 aliphatic heterocycles. The van der Waals surface area contributed by atoms with Crippen LogP contribution in [0.2, 0.25) is 0 Å². The summed E-state index contributed by atoms with van der Waals surface area (Å²) in [5, 5.41) is 12.7. The second-order valence-corrected chi connectivity index (χ2v) is 8.20. The number of aryl methyl sites for hydroxylation is 1. The first-order valence-electron chi connectivity index (χ1n) is 9.87. The van der Waals surface area contributed by atoms with Crippen molar-refractivity contribution in [1.29, 1.82) is 0 Å². The minimum Gasteiger partial charge on any atom is -0.448 e. The molecule has 31 heavy (non-hydrogen) atoms. The zero-order valence-corrected chi connectivity index (χ0v) is 17.6. The van der Waals surface area contributed by atoms with Gasteiger partial charge in [-0.15, -0.1) is 10.2 Å².